The first-order valence-corrected chi connectivity index (χ1v) is 5.91. The van der Waals surface area contributed by atoms with Crippen LogP contribution in [0.4, 0.5) is 18.9 Å². The number of nitrogens with two attached hydrogens (primary N) is 1. The van der Waals surface area contributed by atoms with Gasteiger partial charge in [0, 0.05) is 18.2 Å². The summed E-state index contributed by atoms with van der Waals surface area (Å²) in [5.74, 6) is 0.111. The molecule has 0 amide bonds. The molecule has 0 aliphatic carbocycles. The van der Waals surface area contributed by atoms with E-state index in [0.29, 0.717) is 11.3 Å². The number of benzene rings is 1. The molecule has 1 aromatic heterocycles. The van der Waals surface area contributed by atoms with E-state index in [1.165, 1.54) is 12.1 Å². The number of ether oxygens (including phenoxy) is 1. The highest BCUT2D eigenvalue weighted by molar-refractivity contribution is 5.66. The van der Waals surface area contributed by atoms with Crippen LogP contribution in [0.1, 0.15) is 5.82 Å². The van der Waals surface area contributed by atoms with Crippen molar-refractivity contribution < 1.29 is 27.5 Å². The van der Waals surface area contributed by atoms with Gasteiger partial charge in [-0.3, -0.25) is 0 Å². The lowest BCUT2D eigenvalue weighted by Crippen LogP contribution is -2.18. The second kappa shape index (κ2) is 6.00. The molecule has 2 aromatic rings. The quantitative estimate of drug-likeness (QED) is 0.649. The summed E-state index contributed by atoms with van der Waals surface area (Å²) in [4.78, 5) is 3.97. The van der Waals surface area contributed by atoms with Crippen molar-refractivity contribution >= 4 is 5.69 Å². The van der Waals surface area contributed by atoms with Gasteiger partial charge in [-0.1, -0.05) is 5.16 Å². The third-order valence-corrected chi connectivity index (χ3v) is 2.46. The highest BCUT2D eigenvalue weighted by Gasteiger charge is 2.27. The van der Waals surface area contributed by atoms with Gasteiger partial charge in [-0.15, -0.1) is 0 Å². The molecule has 9 heteroatoms. The van der Waals surface area contributed by atoms with Crippen molar-refractivity contribution in [3.05, 3.63) is 24.0 Å². The lowest BCUT2D eigenvalue weighted by molar-refractivity contribution is -0.173. The van der Waals surface area contributed by atoms with E-state index in [1.807, 2.05) is 0 Å². The van der Waals surface area contributed by atoms with Gasteiger partial charge in [-0.25, -0.2) is 0 Å². The molecule has 0 spiro atoms. The lowest BCUT2D eigenvalue weighted by atomic mass is 10.2. The summed E-state index contributed by atoms with van der Waals surface area (Å²) >= 11 is 0. The minimum Gasteiger partial charge on any atom is -0.507 e. The van der Waals surface area contributed by atoms with Crippen molar-refractivity contribution in [2.45, 2.75) is 12.6 Å². The minimum absolute atomic E-state index is 0.0540. The Labute approximate surface area is 117 Å². The summed E-state index contributed by atoms with van der Waals surface area (Å²) in [6, 6.07) is 4.37. The van der Waals surface area contributed by atoms with Crippen LogP contribution in [-0.2, 0) is 11.2 Å². The summed E-state index contributed by atoms with van der Waals surface area (Å²) in [6.45, 7) is -1.51. The number of aromatic nitrogens is 2. The maximum absolute atomic E-state index is 11.9. The molecule has 0 radical (unpaired) electrons. The predicted molar refractivity (Wildman–Crippen MR) is 66.4 cm³/mol. The van der Waals surface area contributed by atoms with Crippen molar-refractivity contribution in [1.82, 2.24) is 10.1 Å². The lowest BCUT2D eigenvalue weighted by Gasteiger charge is -2.05. The number of hydrogen-bond acceptors (Lipinski definition) is 6. The molecule has 0 unspecified atom stereocenters. The van der Waals surface area contributed by atoms with Gasteiger partial charge in [0.15, 0.2) is 5.82 Å². The Balaban J connectivity index is 1.95. The van der Waals surface area contributed by atoms with Crippen LogP contribution in [0, 0.1) is 0 Å². The number of nitrogens with zero attached hydrogens (tertiary/aromatic N) is 2. The summed E-state index contributed by atoms with van der Waals surface area (Å²) in [7, 11) is 0. The number of aromatic hydroxyl groups is 1. The fourth-order valence-corrected chi connectivity index (χ4v) is 1.55. The van der Waals surface area contributed by atoms with Crippen LogP contribution in [0.5, 0.6) is 5.75 Å². The van der Waals surface area contributed by atoms with E-state index in [9.17, 15) is 18.3 Å². The Hall–Kier alpha value is -2.29. The van der Waals surface area contributed by atoms with Gasteiger partial charge in [-0.05, 0) is 12.1 Å². The smallest absolute Gasteiger partial charge is 0.411 e. The Morgan fingerprint density at radius 1 is 1.33 bits per heavy atom. The van der Waals surface area contributed by atoms with Gasteiger partial charge >= 0.3 is 6.18 Å². The monoisotopic (exact) mass is 303 g/mol. The molecule has 0 aliphatic heterocycles. The number of phenols is 1. The molecule has 0 saturated carbocycles. The summed E-state index contributed by atoms with van der Waals surface area (Å²) in [5.41, 5.74) is 6.15. The molecule has 2 rings (SSSR count). The Morgan fingerprint density at radius 2 is 2.10 bits per heavy atom. The highest BCUT2D eigenvalue weighted by Crippen LogP contribution is 2.29. The zero-order chi connectivity index (χ0) is 15.5. The minimum atomic E-state index is -4.36. The second-order valence-electron chi connectivity index (χ2n) is 4.21. The molecule has 114 valence electrons. The maximum Gasteiger partial charge on any atom is 0.411 e. The van der Waals surface area contributed by atoms with E-state index in [1.54, 1.807) is 6.07 Å². The van der Waals surface area contributed by atoms with Crippen LogP contribution in [-0.4, -0.2) is 34.6 Å². The van der Waals surface area contributed by atoms with Crippen LogP contribution in [0.25, 0.3) is 11.5 Å². The average Bonchev–Trinajstić information content (AvgIpc) is 2.82. The van der Waals surface area contributed by atoms with Crippen molar-refractivity contribution in [3.8, 4) is 17.2 Å². The standard InChI is InChI=1S/C12H12F3N3O3/c13-12(14,15)6-20-4-3-10-17-11(21-18-10)8-2-1-7(16)5-9(8)19/h1-2,5,19H,3-4,6,16H2. The molecule has 0 aliphatic rings. The first-order chi connectivity index (χ1) is 9.85. The topological polar surface area (TPSA) is 94.4 Å². The van der Waals surface area contributed by atoms with Crippen molar-refractivity contribution in [1.29, 1.82) is 0 Å². The first kappa shape index (κ1) is 15.1. The van der Waals surface area contributed by atoms with Crippen molar-refractivity contribution in [2.75, 3.05) is 18.9 Å². The molecular weight excluding hydrogens is 291 g/mol. The first-order valence-electron chi connectivity index (χ1n) is 5.91. The molecule has 0 atom stereocenters. The fourth-order valence-electron chi connectivity index (χ4n) is 1.55. The Morgan fingerprint density at radius 3 is 2.76 bits per heavy atom. The molecule has 3 N–H and O–H groups in total. The number of rotatable bonds is 5. The van der Waals surface area contributed by atoms with Crippen LogP contribution < -0.4 is 5.73 Å². The molecule has 0 bridgehead atoms. The summed E-state index contributed by atoms with van der Waals surface area (Å²) in [6.07, 6.45) is -4.30. The SMILES string of the molecule is Nc1ccc(-c2nc(CCOCC(F)(F)F)no2)c(O)c1. The third kappa shape index (κ3) is 4.35. The predicted octanol–water partition coefficient (Wildman–Crippen LogP) is 2.15. The van der Waals surface area contributed by atoms with Crippen LogP contribution >= 0.6 is 0 Å². The zero-order valence-corrected chi connectivity index (χ0v) is 10.7. The third-order valence-electron chi connectivity index (χ3n) is 2.46. The van der Waals surface area contributed by atoms with Gasteiger partial charge in [0.1, 0.15) is 12.4 Å². The number of nitrogen functional groups attached to an aromatic ring is 1. The number of alkyl halides is 3. The van der Waals surface area contributed by atoms with Crippen LogP contribution in [0.2, 0.25) is 0 Å². The van der Waals surface area contributed by atoms with Crippen LogP contribution in [0.15, 0.2) is 22.7 Å². The average molecular weight is 303 g/mol. The van der Waals surface area contributed by atoms with E-state index >= 15 is 0 Å². The van der Waals surface area contributed by atoms with Gasteiger partial charge in [0.25, 0.3) is 5.89 Å². The normalized spacial score (nSPS) is 11.8. The summed E-state index contributed by atoms with van der Waals surface area (Å²) < 4.78 is 45.0. The number of hydrogen-bond donors (Lipinski definition) is 2. The van der Waals surface area contributed by atoms with E-state index in [2.05, 4.69) is 14.9 Å². The van der Waals surface area contributed by atoms with Gasteiger partial charge in [-0.2, -0.15) is 18.2 Å². The highest BCUT2D eigenvalue weighted by atomic mass is 19.4. The fraction of sp³-hybridized carbons (Fsp3) is 0.333. The Kier molecular flexibility index (Phi) is 4.32. The Bertz CT molecular complexity index is 613. The molecule has 1 heterocycles. The van der Waals surface area contributed by atoms with Crippen LogP contribution in [0.3, 0.4) is 0 Å². The second-order valence-corrected chi connectivity index (χ2v) is 4.21. The van der Waals surface area contributed by atoms with E-state index in [0.717, 1.165) is 0 Å². The van der Waals surface area contributed by atoms with Gasteiger partial charge in [0.2, 0.25) is 0 Å². The van der Waals surface area contributed by atoms with Gasteiger partial charge < -0.3 is 20.1 Å². The molecule has 6 nitrogen and oxygen atoms in total. The molecule has 1 aromatic carbocycles. The summed E-state index contributed by atoms with van der Waals surface area (Å²) in [5, 5.41) is 13.3. The maximum atomic E-state index is 11.9. The molecule has 0 saturated heterocycles. The number of phenolic OH excluding ortho intramolecular Hbond substituents is 1. The van der Waals surface area contributed by atoms with Crippen molar-refractivity contribution in [2.24, 2.45) is 0 Å². The molecule has 0 fully saturated rings. The van der Waals surface area contributed by atoms with E-state index < -0.39 is 12.8 Å². The van der Waals surface area contributed by atoms with E-state index in [4.69, 9.17) is 10.3 Å². The van der Waals surface area contributed by atoms with E-state index in [-0.39, 0.29) is 30.5 Å². The number of anilines is 1. The number of halogens is 3. The molecular formula is C12H12F3N3O3. The van der Waals surface area contributed by atoms with Gasteiger partial charge in [0.05, 0.1) is 12.2 Å². The zero-order valence-electron chi connectivity index (χ0n) is 10.7. The van der Waals surface area contributed by atoms with Crippen molar-refractivity contribution in [3.63, 3.8) is 0 Å². The largest absolute Gasteiger partial charge is 0.507 e. The molecule has 21 heavy (non-hydrogen) atoms.